The van der Waals surface area contributed by atoms with E-state index in [1.54, 1.807) is 0 Å². The second kappa shape index (κ2) is 14.8. The normalized spacial score (nSPS) is 13.3. The summed E-state index contributed by atoms with van der Waals surface area (Å²) in [6.07, 6.45) is 10.4. The molecule has 0 saturated heterocycles. The molecule has 7 aromatic carbocycles. The topological polar surface area (TPSA) is 21.1 Å². The maximum atomic E-state index is 4.58. The molecule has 0 unspecified atom stereocenters. The Labute approximate surface area is 329 Å². The molecule has 1 saturated carbocycles. The number of anilines is 3. The highest BCUT2D eigenvalue weighted by Gasteiger charge is 2.20. The number of fused-ring (bicyclic) bond motifs is 3. The van der Waals surface area contributed by atoms with Crippen molar-refractivity contribution in [3.05, 3.63) is 200 Å². The summed E-state index contributed by atoms with van der Waals surface area (Å²) in [6.45, 7) is 0. The zero-order valence-corrected chi connectivity index (χ0v) is 31.4. The predicted octanol–water partition coefficient (Wildman–Crippen LogP) is 14.7. The van der Waals surface area contributed by atoms with Crippen LogP contribution < -0.4 is 4.90 Å². The molecule has 2 heterocycles. The summed E-state index contributed by atoms with van der Waals surface area (Å²) in [6, 6.07) is 66.4. The van der Waals surface area contributed by atoms with Gasteiger partial charge in [0.2, 0.25) is 0 Å². The molecule has 1 aliphatic carbocycles. The van der Waals surface area contributed by atoms with Crippen molar-refractivity contribution in [3.63, 3.8) is 0 Å². The summed E-state index contributed by atoms with van der Waals surface area (Å²) in [7, 11) is 0. The van der Waals surface area contributed by atoms with Gasteiger partial charge in [-0.1, -0.05) is 141 Å². The Kier molecular flexibility index (Phi) is 8.97. The number of rotatable bonds is 8. The average molecular weight is 722 g/mol. The van der Waals surface area contributed by atoms with E-state index in [4.69, 9.17) is 0 Å². The fourth-order valence-electron chi connectivity index (χ4n) is 8.82. The minimum atomic E-state index is 0.571. The van der Waals surface area contributed by atoms with Crippen LogP contribution in [-0.2, 0) is 0 Å². The van der Waals surface area contributed by atoms with Gasteiger partial charge in [-0.25, -0.2) is 0 Å². The Balaban J connectivity index is 1.07. The van der Waals surface area contributed by atoms with Crippen molar-refractivity contribution in [2.75, 3.05) is 4.90 Å². The Morgan fingerprint density at radius 1 is 0.429 bits per heavy atom. The van der Waals surface area contributed by atoms with Crippen molar-refractivity contribution < 1.29 is 0 Å². The average Bonchev–Trinajstić information content (AvgIpc) is 3.62. The largest absolute Gasteiger partial charge is 0.311 e. The van der Waals surface area contributed by atoms with E-state index < -0.39 is 0 Å². The highest BCUT2D eigenvalue weighted by atomic mass is 15.1. The zero-order valence-electron chi connectivity index (χ0n) is 31.4. The first kappa shape index (κ1) is 33.8. The highest BCUT2D eigenvalue weighted by molar-refractivity contribution is 6.09. The smallest absolute Gasteiger partial charge is 0.0724 e. The van der Waals surface area contributed by atoms with Gasteiger partial charge in [0.1, 0.15) is 0 Å². The monoisotopic (exact) mass is 721 g/mol. The van der Waals surface area contributed by atoms with Gasteiger partial charge in [0.25, 0.3) is 0 Å². The van der Waals surface area contributed by atoms with Gasteiger partial charge >= 0.3 is 0 Å². The molecule has 3 heteroatoms. The first-order valence-corrected chi connectivity index (χ1v) is 20.0. The lowest BCUT2D eigenvalue weighted by Crippen LogP contribution is -2.10. The summed E-state index contributed by atoms with van der Waals surface area (Å²) >= 11 is 0. The molecular weight excluding hydrogens is 679 g/mol. The third-order valence-corrected chi connectivity index (χ3v) is 11.7. The first-order valence-electron chi connectivity index (χ1n) is 20.0. The van der Waals surface area contributed by atoms with Crippen LogP contribution in [0.4, 0.5) is 17.1 Å². The Bertz CT molecular complexity index is 2610. The van der Waals surface area contributed by atoms with Gasteiger partial charge < -0.3 is 9.47 Å². The van der Waals surface area contributed by atoms with Gasteiger partial charge in [-0.2, -0.15) is 0 Å². The van der Waals surface area contributed by atoms with Crippen LogP contribution in [0.2, 0.25) is 0 Å². The van der Waals surface area contributed by atoms with E-state index in [1.807, 2.05) is 12.4 Å². The number of nitrogens with zero attached hydrogens (tertiary/aromatic N) is 3. The molecule has 1 aliphatic rings. The van der Waals surface area contributed by atoms with Gasteiger partial charge in [-0.3, -0.25) is 4.98 Å². The molecule has 3 nitrogen and oxygen atoms in total. The Hall–Kier alpha value is -6.71. The molecule has 0 atom stereocenters. The molecule has 0 N–H and O–H groups in total. The molecule has 0 bridgehead atoms. The summed E-state index contributed by atoms with van der Waals surface area (Å²) in [4.78, 5) is 6.94. The molecule has 0 spiro atoms. The lowest BCUT2D eigenvalue weighted by atomic mass is 9.83. The first-order chi connectivity index (χ1) is 27.8. The van der Waals surface area contributed by atoms with Gasteiger partial charge in [-0.05, 0) is 118 Å². The Morgan fingerprint density at radius 3 is 1.52 bits per heavy atom. The maximum absolute atomic E-state index is 4.58. The lowest BCUT2D eigenvalue weighted by Gasteiger charge is -2.26. The van der Waals surface area contributed by atoms with Gasteiger partial charge in [0.05, 0.1) is 17.2 Å². The van der Waals surface area contributed by atoms with Crippen LogP contribution in [0.25, 0.3) is 60.9 Å². The second-order valence-electron chi connectivity index (χ2n) is 15.1. The third kappa shape index (κ3) is 6.46. The van der Waals surface area contributed by atoms with E-state index in [0.717, 1.165) is 22.6 Å². The molecule has 10 rings (SSSR count). The summed E-state index contributed by atoms with van der Waals surface area (Å²) in [5.41, 5.74) is 15.6. The van der Waals surface area contributed by atoms with Gasteiger partial charge in [0.15, 0.2) is 0 Å². The van der Waals surface area contributed by atoms with Gasteiger partial charge in [0, 0.05) is 39.7 Å². The van der Waals surface area contributed by atoms with Crippen molar-refractivity contribution in [2.24, 2.45) is 0 Å². The summed E-state index contributed by atoms with van der Waals surface area (Å²) in [5.74, 6) is 0.571. The van der Waals surface area contributed by atoms with E-state index in [0.29, 0.717) is 5.92 Å². The second-order valence-corrected chi connectivity index (χ2v) is 15.1. The Morgan fingerprint density at radius 2 is 0.929 bits per heavy atom. The van der Waals surface area contributed by atoms with Crippen LogP contribution in [0.5, 0.6) is 0 Å². The van der Waals surface area contributed by atoms with Crippen LogP contribution >= 0.6 is 0 Å². The molecular formula is C53H43N3. The summed E-state index contributed by atoms with van der Waals surface area (Å²) < 4.78 is 2.42. The number of aromatic nitrogens is 2. The van der Waals surface area contributed by atoms with E-state index in [9.17, 15) is 0 Å². The number of hydrogen-bond donors (Lipinski definition) is 0. The molecule has 0 radical (unpaired) electrons. The summed E-state index contributed by atoms with van der Waals surface area (Å²) in [5, 5.41) is 2.49. The zero-order chi connectivity index (χ0) is 37.3. The minimum Gasteiger partial charge on any atom is -0.311 e. The molecule has 270 valence electrons. The van der Waals surface area contributed by atoms with Crippen LogP contribution in [0.1, 0.15) is 43.6 Å². The van der Waals surface area contributed by atoms with E-state index in [-0.39, 0.29) is 0 Å². The van der Waals surface area contributed by atoms with E-state index in [2.05, 4.69) is 196 Å². The molecule has 0 amide bonds. The molecule has 9 aromatic rings. The molecule has 56 heavy (non-hydrogen) atoms. The molecule has 2 aromatic heterocycles. The maximum Gasteiger partial charge on any atom is 0.0724 e. The predicted molar refractivity (Wildman–Crippen MR) is 235 cm³/mol. The van der Waals surface area contributed by atoms with E-state index in [1.165, 1.54) is 93.0 Å². The van der Waals surface area contributed by atoms with Crippen molar-refractivity contribution in [1.82, 2.24) is 9.55 Å². The van der Waals surface area contributed by atoms with Crippen LogP contribution in [0, 0.1) is 0 Å². The highest BCUT2D eigenvalue weighted by Crippen LogP contribution is 2.41. The van der Waals surface area contributed by atoms with Crippen molar-refractivity contribution in [1.29, 1.82) is 0 Å². The number of pyridine rings is 1. The number of para-hydroxylation sites is 1. The number of hydrogen-bond acceptors (Lipinski definition) is 2. The van der Waals surface area contributed by atoms with Crippen LogP contribution in [-0.4, -0.2) is 9.55 Å². The minimum absolute atomic E-state index is 0.571. The molecule has 1 fully saturated rings. The van der Waals surface area contributed by atoms with Crippen LogP contribution in [0.3, 0.4) is 0 Å². The molecule has 0 aliphatic heterocycles. The lowest BCUT2D eigenvalue weighted by molar-refractivity contribution is 0.443. The van der Waals surface area contributed by atoms with Crippen molar-refractivity contribution >= 4 is 38.9 Å². The SMILES string of the molecule is c1ccc(-c2ccc(N(c3ccc(-c4ccccc4)cc3)c3ccc(-c4cc(C5CCCCC5)cc(-n5c6ccccc6c6ccncc65)c4)cc3)cc2)cc1. The van der Waals surface area contributed by atoms with Crippen molar-refractivity contribution in [3.8, 4) is 39.1 Å². The van der Waals surface area contributed by atoms with E-state index >= 15 is 0 Å². The quantitative estimate of drug-likeness (QED) is 0.156. The standard InChI is InChI=1S/C53H43N3/c1-4-12-38(13-5-1)41-20-26-46(27-21-41)55(47-28-22-42(23-29-47)39-14-6-2-7-15-39)48-30-24-43(25-31-48)45-34-44(40-16-8-3-9-17-40)35-49(36-45)56-52-19-11-10-18-50(52)51-32-33-54-37-53(51)56/h1-2,4-7,10-15,18-37,40H,3,8-9,16-17H2. The fraction of sp³-hybridized carbons (Fsp3) is 0.113. The van der Waals surface area contributed by atoms with Crippen molar-refractivity contribution in [2.45, 2.75) is 38.0 Å². The third-order valence-electron chi connectivity index (χ3n) is 11.7. The van der Waals surface area contributed by atoms with Gasteiger partial charge in [-0.15, -0.1) is 0 Å². The fourth-order valence-corrected chi connectivity index (χ4v) is 8.82. The number of benzene rings is 7. The van der Waals surface area contributed by atoms with Crippen LogP contribution in [0.15, 0.2) is 194 Å².